The van der Waals surface area contributed by atoms with Crippen molar-refractivity contribution in [3.05, 3.63) is 29.0 Å². The van der Waals surface area contributed by atoms with Crippen molar-refractivity contribution in [3.8, 4) is 0 Å². The van der Waals surface area contributed by atoms with E-state index in [0.29, 0.717) is 11.1 Å². The van der Waals surface area contributed by atoms with Gasteiger partial charge in [0.05, 0.1) is 0 Å². The van der Waals surface area contributed by atoms with E-state index >= 15 is 0 Å². The molecule has 84 valence electrons. The molecule has 1 N–H and O–H groups in total. The number of hydrogen-bond donors (Lipinski definition) is 1. The second-order valence-electron chi connectivity index (χ2n) is 3.57. The zero-order valence-electron chi connectivity index (χ0n) is 8.61. The predicted molar refractivity (Wildman–Crippen MR) is 64.5 cm³/mol. The van der Waals surface area contributed by atoms with Crippen molar-refractivity contribution >= 4 is 24.0 Å². The Morgan fingerprint density at radius 3 is 2.87 bits per heavy atom. The first-order valence-corrected chi connectivity index (χ1v) is 5.21. The zero-order chi connectivity index (χ0) is 9.97. The molecule has 0 radical (unpaired) electrons. The quantitative estimate of drug-likeness (QED) is 0.812. The van der Waals surface area contributed by atoms with E-state index in [1.54, 1.807) is 0 Å². The van der Waals surface area contributed by atoms with Crippen molar-refractivity contribution in [2.45, 2.75) is 12.3 Å². The van der Waals surface area contributed by atoms with Gasteiger partial charge >= 0.3 is 0 Å². The molecule has 5 heteroatoms. The number of nitrogens with zero attached hydrogens (tertiary/aromatic N) is 2. The molecule has 1 aliphatic heterocycles. The highest BCUT2D eigenvalue weighted by Crippen LogP contribution is 2.25. The minimum Gasteiger partial charge on any atom is -0.258 e. The van der Waals surface area contributed by atoms with Crippen LogP contribution in [-0.2, 0) is 0 Å². The van der Waals surface area contributed by atoms with E-state index in [4.69, 9.17) is 11.6 Å². The fourth-order valence-electron chi connectivity index (χ4n) is 1.86. The van der Waals surface area contributed by atoms with Gasteiger partial charge in [-0.1, -0.05) is 17.7 Å². The SMILES string of the molecule is CNN1CC[C@H](c2ccc(Cl)nc2)C1.Cl. The van der Waals surface area contributed by atoms with Crippen LogP contribution in [0.1, 0.15) is 17.9 Å². The van der Waals surface area contributed by atoms with E-state index in [1.165, 1.54) is 12.0 Å². The third-order valence-corrected chi connectivity index (χ3v) is 2.95. The molecule has 0 amide bonds. The lowest BCUT2D eigenvalue weighted by Crippen LogP contribution is -2.32. The molecule has 1 aromatic heterocycles. The second-order valence-corrected chi connectivity index (χ2v) is 3.96. The average Bonchev–Trinajstić information content (AvgIpc) is 2.67. The van der Waals surface area contributed by atoms with E-state index < -0.39 is 0 Å². The van der Waals surface area contributed by atoms with Gasteiger partial charge in [0.1, 0.15) is 5.15 Å². The number of rotatable bonds is 2. The van der Waals surface area contributed by atoms with Crippen LogP contribution in [0.5, 0.6) is 0 Å². The Morgan fingerprint density at radius 1 is 1.53 bits per heavy atom. The Kier molecular flexibility index (Phi) is 4.80. The molecule has 0 bridgehead atoms. The van der Waals surface area contributed by atoms with Crippen LogP contribution in [0.15, 0.2) is 18.3 Å². The van der Waals surface area contributed by atoms with Crippen LogP contribution in [0.3, 0.4) is 0 Å². The highest BCUT2D eigenvalue weighted by atomic mass is 35.5. The largest absolute Gasteiger partial charge is 0.258 e. The zero-order valence-corrected chi connectivity index (χ0v) is 10.2. The van der Waals surface area contributed by atoms with Crippen molar-refractivity contribution < 1.29 is 0 Å². The normalized spacial score (nSPS) is 21.3. The predicted octanol–water partition coefficient (Wildman–Crippen LogP) is 2.08. The number of hydrazine groups is 1. The molecule has 0 saturated carbocycles. The highest BCUT2D eigenvalue weighted by Gasteiger charge is 2.22. The molecular formula is C10H15Cl2N3. The Morgan fingerprint density at radius 2 is 2.33 bits per heavy atom. The van der Waals surface area contributed by atoms with E-state index in [0.717, 1.165) is 13.1 Å². The molecule has 1 aliphatic rings. The minimum absolute atomic E-state index is 0. The van der Waals surface area contributed by atoms with Gasteiger partial charge in [0.25, 0.3) is 0 Å². The summed E-state index contributed by atoms with van der Waals surface area (Å²) in [5.41, 5.74) is 4.45. The van der Waals surface area contributed by atoms with Crippen LogP contribution in [0.25, 0.3) is 0 Å². The van der Waals surface area contributed by atoms with Gasteiger partial charge in [0.15, 0.2) is 0 Å². The van der Waals surface area contributed by atoms with Gasteiger partial charge < -0.3 is 0 Å². The fraction of sp³-hybridized carbons (Fsp3) is 0.500. The fourth-order valence-corrected chi connectivity index (χ4v) is 1.98. The number of pyridine rings is 1. The number of nitrogens with one attached hydrogen (secondary N) is 1. The first-order chi connectivity index (χ1) is 6.79. The molecule has 1 fully saturated rings. The van der Waals surface area contributed by atoms with Gasteiger partial charge in [-0.2, -0.15) is 0 Å². The molecule has 0 aliphatic carbocycles. The number of aromatic nitrogens is 1. The average molecular weight is 248 g/mol. The van der Waals surface area contributed by atoms with Crippen LogP contribution < -0.4 is 5.43 Å². The molecule has 2 rings (SSSR count). The number of halogens is 2. The van der Waals surface area contributed by atoms with E-state index in [2.05, 4.69) is 21.5 Å². The van der Waals surface area contributed by atoms with Gasteiger partial charge in [-0.05, 0) is 25.1 Å². The number of hydrogen-bond acceptors (Lipinski definition) is 3. The third kappa shape index (κ3) is 3.05. The molecule has 3 nitrogen and oxygen atoms in total. The maximum atomic E-state index is 5.74. The van der Waals surface area contributed by atoms with Gasteiger partial charge in [-0.25, -0.2) is 9.99 Å². The van der Waals surface area contributed by atoms with Crippen molar-refractivity contribution in [1.82, 2.24) is 15.4 Å². The Hall–Kier alpha value is -0.350. The van der Waals surface area contributed by atoms with Crippen LogP contribution >= 0.6 is 24.0 Å². The summed E-state index contributed by atoms with van der Waals surface area (Å²) in [6.45, 7) is 2.16. The van der Waals surface area contributed by atoms with Crippen molar-refractivity contribution in [2.75, 3.05) is 20.1 Å². The molecule has 1 saturated heterocycles. The molecule has 2 heterocycles. The first kappa shape index (κ1) is 12.7. The summed E-state index contributed by atoms with van der Waals surface area (Å²) < 4.78 is 0. The molecule has 0 spiro atoms. The van der Waals surface area contributed by atoms with Crippen LogP contribution in [0.4, 0.5) is 0 Å². The lowest BCUT2D eigenvalue weighted by Gasteiger charge is -2.13. The van der Waals surface area contributed by atoms with Gasteiger partial charge in [0.2, 0.25) is 0 Å². The first-order valence-electron chi connectivity index (χ1n) is 4.83. The lowest BCUT2D eigenvalue weighted by atomic mass is 10.0. The van der Waals surface area contributed by atoms with E-state index in [1.807, 2.05) is 19.3 Å². The monoisotopic (exact) mass is 247 g/mol. The summed E-state index contributed by atoms with van der Waals surface area (Å²) in [6, 6.07) is 3.93. The third-order valence-electron chi connectivity index (χ3n) is 2.73. The second kappa shape index (κ2) is 5.66. The molecule has 0 unspecified atom stereocenters. The smallest absolute Gasteiger partial charge is 0.129 e. The van der Waals surface area contributed by atoms with Crippen LogP contribution in [0.2, 0.25) is 5.15 Å². The van der Waals surface area contributed by atoms with Gasteiger partial charge in [-0.3, -0.25) is 5.43 Å². The highest BCUT2D eigenvalue weighted by molar-refractivity contribution is 6.29. The Balaban J connectivity index is 0.00000112. The van der Waals surface area contributed by atoms with Crippen LogP contribution in [-0.4, -0.2) is 30.1 Å². The van der Waals surface area contributed by atoms with Gasteiger partial charge in [0, 0.05) is 25.2 Å². The van der Waals surface area contributed by atoms with Crippen LogP contribution in [0, 0.1) is 0 Å². The topological polar surface area (TPSA) is 28.2 Å². The van der Waals surface area contributed by atoms with E-state index in [-0.39, 0.29) is 12.4 Å². The summed E-state index contributed by atoms with van der Waals surface area (Å²) >= 11 is 5.74. The summed E-state index contributed by atoms with van der Waals surface area (Å²) in [6.07, 6.45) is 3.07. The summed E-state index contributed by atoms with van der Waals surface area (Å²) in [5, 5.41) is 2.79. The Bertz CT molecular complexity index is 302. The van der Waals surface area contributed by atoms with Gasteiger partial charge in [-0.15, -0.1) is 12.4 Å². The molecule has 15 heavy (non-hydrogen) atoms. The van der Waals surface area contributed by atoms with Crippen molar-refractivity contribution in [1.29, 1.82) is 0 Å². The molecular weight excluding hydrogens is 233 g/mol. The molecule has 1 aromatic rings. The standard InChI is InChI=1S/C10H14ClN3.ClH/c1-12-14-5-4-9(7-14)8-2-3-10(11)13-6-8;/h2-3,6,9,12H,4-5,7H2,1H3;1H/t9-;/m0./s1. The maximum Gasteiger partial charge on any atom is 0.129 e. The summed E-state index contributed by atoms with van der Waals surface area (Å²) in [5.74, 6) is 0.590. The minimum atomic E-state index is 0. The van der Waals surface area contributed by atoms with E-state index in [9.17, 15) is 0 Å². The van der Waals surface area contributed by atoms with Crippen molar-refractivity contribution in [3.63, 3.8) is 0 Å². The molecule has 1 atom stereocenters. The summed E-state index contributed by atoms with van der Waals surface area (Å²) in [4.78, 5) is 4.10. The maximum absolute atomic E-state index is 5.74. The molecule has 0 aromatic carbocycles. The summed E-state index contributed by atoms with van der Waals surface area (Å²) in [7, 11) is 1.96. The Labute approximate surface area is 101 Å². The lowest BCUT2D eigenvalue weighted by molar-refractivity contribution is 0.258. The van der Waals surface area contributed by atoms with Crippen molar-refractivity contribution in [2.24, 2.45) is 0 Å².